The molecule has 0 aliphatic heterocycles. The molecule has 0 aromatic carbocycles. The quantitative estimate of drug-likeness (QED) is 0.481. The SMILES string of the molecule is CC(=O)OC1CC2C3CC(OC(C)=O)[C@H]4CC(=O)CCC4(C)C3[C@H](OC(C)=O)CC2(C)C1. The molecule has 4 rings (SSSR count). The van der Waals surface area contributed by atoms with Crippen molar-refractivity contribution in [2.75, 3.05) is 0 Å². The van der Waals surface area contributed by atoms with Crippen LogP contribution in [0.2, 0.25) is 0 Å². The lowest BCUT2D eigenvalue weighted by molar-refractivity contribution is -0.214. The van der Waals surface area contributed by atoms with E-state index in [1.165, 1.54) is 20.8 Å². The molecule has 0 spiro atoms. The Balaban J connectivity index is 1.75. The van der Waals surface area contributed by atoms with Crippen LogP contribution in [0.5, 0.6) is 0 Å². The number of Topliss-reactive ketones (excluding diaryl/α,β-unsaturated/α-hetero) is 1. The summed E-state index contributed by atoms with van der Waals surface area (Å²) in [6.45, 7) is 8.74. The van der Waals surface area contributed by atoms with Crippen LogP contribution in [0.4, 0.5) is 0 Å². The molecule has 4 saturated carbocycles. The Labute approximate surface area is 189 Å². The molecular weight excluding hydrogens is 412 g/mol. The van der Waals surface area contributed by atoms with Crippen molar-refractivity contribution in [1.82, 2.24) is 0 Å². The van der Waals surface area contributed by atoms with Crippen LogP contribution in [-0.4, -0.2) is 42.0 Å². The second-order valence-electron chi connectivity index (χ2n) is 11.2. The molecule has 32 heavy (non-hydrogen) atoms. The molecule has 0 aromatic heterocycles. The molecule has 0 heterocycles. The van der Waals surface area contributed by atoms with Crippen molar-refractivity contribution in [3.05, 3.63) is 0 Å². The number of ketones is 1. The maximum Gasteiger partial charge on any atom is 0.302 e. The number of carbonyl (C=O) groups excluding carboxylic acids is 4. The summed E-state index contributed by atoms with van der Waals surface area (Å²) in [5.41, 5.74) is -0.395. The van der Waals surface area contributed by atoms with Gasteiger partial charge in [0.05, 0.1) is 0 Å². The van der Waals surface area contributed by atoms with E-state index in [9.17, 15) is 19.2 Å². The van der Waals surface area contributed by atoms with Crippen molar-refractivity contribution in [3.63, 3.8) is 0 Å². The number of hydrogen-bond donors (Lipinski definition) is 0. The van der Waals surface area contributed by atoms with E-state index in [1.807, 2.05) is 0 Å². The Bertz CT molecular complexity index is 821. The van der Waals surface area contributed by atoms with E-state index >= 15 is 0 Å². The predicted molar refractivity (Wildman–Crippen MR) is 114 cm³/mol. The second-order valence-corrected chi connectivity index (χ2v) is 11.2. The Morgan fingerprint density at radius 3 is 2.09 bits per heavy atom. The van der Waals surface area contributed by atoms with E-state index in [4.69, 9.17) is 14.2 Å². The minimum absolute atomic E-state index is 0.0676. The summed E-state index contributed by atoms with van der Waals surface area (Å²) in [6.07, 6.45) is 3.80. The van der Waals surface area contributed by atoms with Crippen LogP contribution in [0.1, 0.15) is 79.6 Å². The molecule has 9 atom stereocenters. The zero-order valence-electron chi connectivity index (χ0n) is 19.8. The van der Waals surface area contributed by atoms with E-state index in [-0.39, 0.29) is 76.5 Å². The lowest BCUT2D eigenvalue weighted by Crippen LogP contribution is -2.62. The van der Waals surface area contributed by atoms with E-state index in [1.54, 1.807) is 0 Å². The highest BCUT2D eigenvalue weighted by atomic mass is 16.6. The lowest BCUT2D eigenvalue weighted by atomic mass is 9.44. The van der Waals surface area contributed by atoms with Crippen LogP contribution < -0.4 is 0 Å². The molecule has 0 radical (unpaired) electrons. The summed E-state index contributed by atoms with van der Waals surface area (Å²) in [5, 5.41) is 0. The van der Waals surface area contributed by atoms with Gasteiger partial charge in [-0.15, -0.1) is 0 Å². The van der Waals surface area contributed by atoms with Gasteiger partial charge >= 0.3 is 17.9 Å². The number of hydrogen-bond acceptors (Lipinski definition) is 7. The van der Waals surface area contributed by atoms with Gasteiger partial charge in [0.1, 0.15) is 24.1 Å². The Morgan fingerprint density at radius 2 is 1.47 bits per heavy atom. The fourth-order valence-electron chi connectivity index (χ4n) is 8.16. The molecule has 4 fully saturated rings. The van der Waals surface area contributed by atoms with Crippen molar-refractivity contribution >= 4 is 23.7 Å². The third-order valence-corrected chi connectivity index (χ3v) is 9.07. The number of ether oxygens (including phenoxy) is 3. The average Bonchev–Trinajstić information content (AvgIpc) is 2.96. The zero-order valence-corrected chi connectivity index (χ0v) is 19.8. The molecule has 7 unspecified atom stereocenters. The Hall–Kier alpha value is -1.92. The topological polar surface area (TPSA) is 96.0 Å². The van der Waals surface area contributed by atoms with E-state index in [0.717, 1.165) is 19.3 Å². The molecule has 7 heteroatoms. The second kappa shape index (κ2) is 8.14. The van der Waals surface area contributed by atoms with Gasteiger partial charge in [0, 0.05) is 45.4 Å². The first kappa shape index (κ1) is 23.2. The minimum atomic E-state index is -0.326. The summed E-state index contributed by atoms with van der Waals surface area (Å²) in [5.74, 6) is -0.220. The summed E-state index contributed by atoms with van der Waals surface area (Å²) in [7, 11) is 0. The molecule has 0 N–H and O–H groups in total. The molecule has 0 amide bonds. The zero-order chi connectivity index (χ0) is 23.4. The van der Waals surface area contributed by atoms with Gasteiger partial charge in [0.15, 0.2) is 0 Å². The number of fused-ring (bicyclic) bond motifs is 5. The van der Waals surface area contributed by atoms with Crippen molar-refractivity contribution in [1.29, 1.82) is 0 Å². The van der Waals surface area contributed by atoms with E-state index < -0.39 is 0 Å². The maximum absolute atomic E-state index is 12.4. The third-order valence-electron chi connectivity index (χ3n) is 9.07. The first-order chi connectivity index (χ1) is 14.9. The normalized spacial score (nSPS) is 45.2. The summed E-state index contributed by atoms with van der Waals surface area (Å²) in [4.78, 5) is 48.2. The van der Waals surface area contributed by atoms with Crippen LogP contribution in [0.3, 0.4) is 0 Å². The van der Waals surface area contributed by atoms with Gasteiger partial charge in [0.25, 0.3) is 0 Å². The van der Waals surface area contributed by atoms with Gasteiger partial charge in [-0.25, -0.2) is 0 Å². The van der Waals surface area contributed by atoms with Crippen molar-refractivity contribution in [2.45, 2.75) is 97.9 Å². The highest BCUT2D eigenvalue weighted by molar-refractivity contribution is 5.80. The summed E-state index contributed by atoms with van der Waals surface area (Å²) >= 11 is 0. The minimum Gasteiger partial charge on any atom is -0.463 e. The van der Waals surface area contributed by atoms with Crippen LogP contribution >= 0.6 is 0 Å². The summed E-state index contributed by atoms with van der Waals surface area (Å²) < 4.78 is 17.4. The molecule has 0 bridgehead atoms. The van der Waals surface area contributed by atoms with Gasteiger partial charge < -0.3 is 14.2 Å². The fourth-order valence-corrected chi connectivity index (χ4v) is 8.16. The molecular formula is C25H36O7. The van der Waals surface area contributed by atoms with Gasteiger partial charge in [-0.2, -0.15) is 0 Å². The molecule has 4 aliphatic carbocycles. The van der Waals surface area contributed by atoms with Gasteiger partial charge in [-0.1, -0.05) is 13.8 Å². The molecule has 0 saturated heterocycles. The molecule has 7 nitrogen and oxygen atoms in total. The standard InChI is InChI=1S/C25H36O7/c1-13(26)30-17-9-19-18-10-21(31-14(2)27)20-8-16(29)6-7-25(20,5)23(18)22(32-15(3)28)12-24(19,4)11-17/h17-23H,6-12H2,1-5H3/t17?,18?,19?,20-,21?,22-,23?,24?,25?/m1/s1. The smallest absolute Gasteiger partial charge is 0.302 e. The van der Waals surface area contributed by atoms with Crippen molar-refractivity contribution in [3.8, 4) is 0 Å². The molecule has 0 aromatic rings. The maximum atomic E-state index is 12.4. The van der Waals surface area contributed by atoms with Gasteiger partial charge in [-0.3, -0.25) is 19.2 Å². The Kier molecular flexibility index (Phi) is 5.91. The molecule has 4 aliphatic rings. The predicted octanol–water partition coefficient (Wildman–Crippen LogP) is 3.61. The van der Waals surface area contributed by atoms with Crippen molar-refractivity contribution in [2.24, 2.45) is 34.5 Å². The van der Waals surface area contributed by atoms with Crippen LogP contribution in [0.25, 0.3) is 0 Å². The van der Waals surface area contributed by atoms with Crippen LogP contribution in [0, 0.1) is 34.5 Å². The van der Waals surface area contributed by atoms with Crippen LogP contribution in [-0.2, 0) is 33.4 Å². The monoisotopic (exact) mass is 448 g/mol. The first-order valence-corrected chi connectivity index (χ1v) is 12.0. The fraction of sp³-hybridized carbons (Fsp3) is 0.840. The van der Waals surface area contributed by atoms with Gasteiger partial charge in [0.2, 0.25) is 0 Å². The third kappa shape index (κ3) is 3.96. The lowest BCUT2D eigenvalue weighted by Gasteiger charge is -2.62. The van der Waals surface area contributed by atoms with Gasteiger partial charge in [-0.05, 0) is 54.8 Å². The first-order valence-electron chi connectivity index (χ1n) is 12.0. The highest BCUT2D eigenvalue weighted by Crippen LogP contribution is 2.67. The van der Waals surface area contributed by atoms with Crippen LogP contribution in [0.15, 0.2) is 0 Å². The van der Waals surface area contributed by atoms with E-state index in [2.05, 4.69) is 13.8 Å². The highest BCUT2D eigenvalue weighted by Gasteiger charge is 2.66. The molecule has 178 valence electrons. The largest absolute Gasteiger partial charge is 0.463 e. The summed E-state index contributed by atoms with van der Waals surface area (Å²) in [6, 6.07) is 0. The number of carbonyl (C=O) groups is 4. The van der Waals surface area contributed by atoms with Crippen molar-refractivity contribution < 1.29 is 33.4 Å². The number of rotatable bonds is 3. The number of esters is 3. The Morgan fingerprint density at radius 1 is 0.844 bits per heavy atom. The average molecular weight is 449 g/mol. The van der Waals surface area contributed by atoms with E-state index in [0.29, 0.717) is 25.7 Å².